The van der Waals surface area contributed by atoms with E-state index in [1.54, 1.807) is 0 Å². The Morgan fingerprint density at radius 1 is 1.62 bits per heavy atom. The fraction of sp³-hybridized carbons (Fsp3) is 0.636. The van der Waals surface area contributed by atoms with Crippen LogP contribution in [0.1, 0.15) is 25.1 Å². The normalized spacial score (nSPS) is 23.9. The highest BCUT2D eigenvalue weighted by molar-refractivity contribution is 9.13. The average Bonchev–Trinajstić information content (AvgIpc) is 2.77. The van der Waals surface area contributed by atoms with Crippen molar-refractivity contribution < 1.29 is 4.42 Å². The molecule has 0 bridgehead atoms. The van der Waals surface area contributed by atoms with E-state index in [-0.39, 0.29) is 6.04 Å². The van der Waals surface area contributed by atoms with Crippen LogP contribution in [0.3, 0.4) is 0 Å². The number of hydrogen-bond acceptors (Lipinski definition) is 3. The van der Waals surface area contributed by atoms with E-state index < -0.39 is 0 Å². The smallest absolute Gasteiger partial charge is 0.183 e. The third-order valence-corrected chi connectivity index (χ3v) is 4.82. The average molecular weight is 352 g/mol. The van der Waals surface area contributed by atoms with Crippen molar-refractivity contribution >= 4 is 31.9 Å². The van der Waals surface area contributed by atoms with Crippen molar-refractivity contribution in [1.29, 1.82) is 0 Å². The van der Waals surface area contributed by atoms with Gasteiger partial charge in [0.25, 0.3) is 0 Å². The Morgan fingerprint density at radius 2 is 2.38 bits per heavy atom. The summed E-state index contributed by atoms with van der Waals surface area (Å²) in [6.45, 7) is 5.09. The first-order valence-corrected chi connectivity index (χ1v) is 7.09. The standard InChI is InChI=1S/C11H16Br2N2O/c1-7-2-3-15(6-7)9(5-14)10-4-8(12)11(13)16-10/h4,7,9H,2-3,5-6,14H2,1H3. The predicted octanol–water partition coefficient (Wildman–Crippen LogP) is 3.15. The lowest BCUT2D eigenvalue weighted by atomic mass is 10.1. The van der Waals surface area contributed by atoms with Crippen LogP contribution < -0.4 is 5.73 Å². The Morgan fingerprint density at radius 3 is 2.81 bits per heavy atom. The highest BCUT2D eigenvalue weighted by Crippen LogP contribution is 2.33. The Labute approximate surface area is 113 Å². The van der Waals surface area contributed by atoms with Gasteiger partial charge in [-0.25, -0.2) is 0 Å². The van der Waals surface area contributed by atoms with Gasteiger partial charge in [0.2, 0.25) is 0 Å². The van der Waals surface area contributed by atoms with Gasteiger partial charge in [0.05, 0.1) is 10.5 Å². The number of halogens is 2. The molecule has 0 spiro atoms. The minimum Gasteiger partial charge on any atom is -0.451 e. The molecule has 0 amide bonds. The van der Waals surface area contributed by atoms with Gasteiger partial charge in [-0.05, 0) is 56.8 Å². The molecule has 2 heterocycles. The van der Waals surface area contributed by atoms with E-state index in [9.17, 15) is 0 Å². The molecule has 2 rings (SSSR count). The third kappa shape index (κ3) is 2.53. The number of hydrogen-bond donors (Lipinski definition) is 1. The van der Waals surface area contributed by atoms with Crippen LogP contribution in [-0.2, 0) is 0 Å². The molecule has 90 valence electrons. The molecule has 2 unspecified atom stereocenters. The molecule has 16 heavy (non-hydrogen) atoms. The summed E-state index contributed by atoms with van der Waals surface area (Å²) in [6.07, 6.45) is 1.25. The van der Waals surface area contributed by atoms with Crippen molar-refractivity contribution in [2.75, 3.05) is 19.6 Å². The van der Waals surface area contributed by atoms with Crippen LogP contribution in [0.2, 0.25) is 0 Å². The summed E-state index contributed by atoms with van der Waals surface area (Å²) < 4.78 is 7.36. The molecule has 2 N–H and O–H groups in total. The minimum atomic E-state index is 0.201. The minimum absolute atomic E-state index is 0.201. The van der Waals surface area contributed by atoms with Gasteiger partial charge in [0.15, 0.2) is 4.67 Å². The highest BCUT2D eigenvalue weighted by Gasteiger charge is 2.28. The molecular formula is C11H16Br2N2O. The zero-order valence-electron chi connectivity index (χ0n) is 9.25. The van der Waals surface area contributed by atoms with E-state index in [1.165, 1.54) is 6.42 Å². The Bertz CT molecular complexity index is 347. The summed E-state index contributed by atoms with van der Waals surface area (Å²) in [5, 5.41) is 0. The van der Waals surface area contributed by atoms with Gasteiger partial charge in [-0.1, -0.05) is 6.92 Å². The first kappa shape index (κ1) is 12.6. The number of furan rings is 1. The van der Waals surface area contributed by atoms with E-state index in [4.69, 9.17) is 10.2 Å². The maximum absolute atomic E-state index is 5.86. The Balaban J connectivity index is 2.16. The SMILES string of the molecule is CC1CCN(C(CN)c2cc(Br)c(Br)o2)C1. The van der Waals surface area contributed by atoms with Gasteiger partial charge in [-0.2, -0.15) is 0 Å². The van der Waals surface area contributed by atoms with Crippen LogP contribution in [0.4, 0.5) is 0 Å². The third-order valence-electron chi connectivity index (χ3n) is 3.11. The first-order chi connectivity index (χ1) is 7.61. The molecule has 3 nitrogen and oxygen atoms in total. The van der Waals surface area contributed by atoms with Crippen LogP contribution in [0, 0.1) is 5.92 Å². The molecule has 0 saturated carbocycles. The molecule has 1 aromatic rings. The summed E-state index contributed by atoms with van der Waals surface area (Å²) in [7, 11) is 0. The zero-order chi connectivity index (χ0) is 11.7. The van der Waals surface area contributed by atoms with E-state index >= 15 is 0 Å². The maximum atomic E-state index is 5.86. The van der Waals surface area contributed by atoms with Crippen molar-refractivity contribution in [1.82, 2.24) is 4.90 Å². The molecule has 1 fully saturated rings. The second kappa shape index (κ2) is 5.21. The predicted molar refractivity (Wildman–Crippen MR) is 71.3 cm³/mol. The van der Waals surface area contributed by atoms with Crippen molar-refractivity contribution in [3.8, 4) is 0 Å². The number of rotatable bonds is 3. The summed E-state index contributed by atoms with van der Waals surface area (Å²) in [5.74, 6) is 1.70. The maximum Gasteiger partial charge on any atom is 0.183 e. The highest BCUT2D eigenvalue weighted by atomic mass is 79.9. The van der Waals surface area contributed by atoms with Crippen LogP contribution >= 0.6 is 31.9 Å². The van der Waals surface area contributed by atoms with Crippen molar-refractivity contribution in [3.05, 3.63) is 21.0 Å². The second-order valence-corrected chi connectivity index (χ2v) is 5.99. The molecule has 5 heteroatoms. The Hall–Kier alpha value is 0.160. The molecule has 1 aliphatic rings. The molecular weight excluding hydrogens is 336 g/mol. The lowest BCUT2D eigenvalue weighted by Gasteiger charge is -2.24. The lowest BCUT2D eigenvalue weighted by Crippen LogP contribution is -2.31. The van der Waals surface area contributed by atoms with Crippen molar-refractivity contribution in [2.24, 2.45) is 11.7 Å². The molecule has 0 aliphatic carbocycles. The van der Waals surface area contributed by atoms with Crippen molar-refractivity contribution in [3.63, 3.8) is 0 Å². The van der Waals surface area contributed by atoms with Gasteiger partial charge >= 0.3 is 0 Å². The fourth-order valence-corrected chi connectivity index (χ4v) is 2.83. The van der Waals surface area contributed by atoms with Crippen LogP contribution in [0.15, 0.2) is 19.6 Å². The van der Waals surface area contributed by atoms with Crippen LogP contribution in [0.25, 0.3) is 0 Å². The molecule has 0 radical (unpaired) electrons. The van der Waals surface area contributed by atoms with Crippen LogP contribution in [0.5, 0.6) is 0 Å². The van der Waals surface area contributed by atoms with Gasteiger partial charge in [0.1, 0.15) is 5.76 Å². The zero-order valence-corrected chi connectivity index (χ0v) is 12.4. The largest absolute Gasteiger partial charge is 0.451 e. The van der Waals surface area contributed by atoms with Crippen LogP contribution in [-0.4, -0.2) is 24.5 Å². The first-order valence-electron chi connectivity index (χ1n) is 5.50. The van der Waals surface area contributed by atoms with Gasteiger partial charge in [0, 0.05) is 13.1 Å². The number of nitrogens with zero attached hydrogens (tertiary/aromatic N) is 1. The van der Waals surface area contributed by atoms with Gasteiger partial charge in [-0.3, -0.25) is 4.90 Å². The second-order valence-electron chi connectivity index (χ2n) is 4.41. The Kier molecular flexibility index (Phi) is 4.11. The molecule has 0 aromatic carbocycles. The van der Waals surface area contributed by atoms with Crippen molar-refractivity contribution in [2.45, 2.75) is 19.4 Å². The fourth-order valence-electron chi connectivity index (χ4n) is 2.22. The topological polar surface area (TPSA) is 42.4 Å². The van der Waals surface area contributed by atoms with E-state index in [2.05, 4.69) is 43.7 Å². The summed E-state index contributed by atoms with van der Waals surface area (Å²) in [6, 6.07) is 2.21. The summed E-state index contributed by atoms with van der Waals surface area (Å²) >= 11 is 6.80. The molecule has 2 atom stereocenters. The quantitative estimate of drug-likeness (QED) is 0.909. The molecule has 1 aromatic heterocycles. The van der Waals surface area contributed by atoms with E-state index in [0.717, 1.165) is 33.9 Å². The van der Waals surface area contributed by atoms with E-state index in [1.807, 2.05) is 6.07 Å². The number of likely N-dealkylation sites (tertiary alicyclic amines) is 1. The van der Waals surface area contributed by atoms with E-state index in [0.29, 0.717) is 6.54 Å². The van der Waals surface area contributed by atoms with Gasteiger partial charge in [-0.15, -0.1) is 0 Å². The molecule has 1 saturated heterocycles. The summed E-state index contributed by atoms with van der Waals surface area (Å²) in [4.78, 5) is 2.41. The lowest BCUT2D eigenvalue weighted by molar-refractivity contribution is 0.213. The molecule has 1 aliphatic heterocycles. The monoisotopic (exact) mass is 350 g/mol. The van der Waals surface area contributed by atoms with Gasteiger partial charge < -0.3 is 10.2 Å². The summed E-state index contributed by atoms with van der Waals surface area (Å²) in [5.41, 5.74) is 5.86. The number of nitrogens with two attached hydrogens (primary N) is 1.